The highest BCUT2D eigenvalue weighted by atomic mass is 35.5. The number of primary amides is 1. The van der Waals surface area contributed by atoms with Crippen LogP contribution in [0.25, 0.3) is 11.0 Å². The summed E-state index contributed by atoms with van der Waals surface area (Å²) in [7, 11) is 0. The summed E-state index contributed by atoms with van der Waals surface area (Å²) in [5.41, 5.74) is 6.69. The predicted octanol–water partition coefficient (Wildman–Crippen LogP) is 3.38. The van der Waals surface area contributed by atoms with E-state index in [-0.39, 0.29) is 11.4 Å². The number of benzene rings is 1. The number of anilines is 1. The number of hydrogen-bond donors (Lipinski definition) is 2. The van der Waals surface area contributed by atoms with Crippen molar-refractivity contribution in [2.24, 2.45) is 10.9 Å². The summed E-state index contributed by atoms with van der Waals surface area (Å²) >= 11 is 7.28. The lowest BCUT2D eigenvalue weighted by molar-refractivity contribution is -0.125. The highest BCUT2D eigenvalue weighted by Gasteiger charge is 2.31. The van der Waals surface area contributed by atoms with Gasteiger partial charge in [-0.15, -0.1) is 11.3 Å². The molecule has 1 aliphatic rings. The lowest BCUT2D eigenvalue weighted by Gasteiger charge is -2.09. The van der Waals surface area contributed by atoms with Crippen LogP contribution in [0, 0.1) is 0 Å². The van der Waals surface area contributed by atoms with Gasteiger partial charge in [-0.2, -0.15) is 0 Å². The van der Waals surface area contributed by atoms with Crippen LogP contribution in [0.4, 0.5) is 5.69 Å². The number of carbonyl (C=O) groups excluding carboxylic acids is 2. The Labute approximate surface area is 156 Å². The number of carbonyl (C=O) groups is 2. The number of nitrogens with zero attached hydrogens (tertiary/aromatic N) is 1. The largest absolute Gasteiger partial charge is 0.449 e. The van der Waals surface area contributed by atoms with Gasteiger partial charge in [0.1, 0.15) is 17.0 Å². The van der Waals surface area contributed by atoms with E-state index in [1.165, 1.54) is 11.3 Å². The van der Waals surface area contributed by atoms with E-state index >= 15 is 0 Å². The molecule has 0 spiro atoms. The van der Waals surface area contributed by atoms with Crippen molar-refractivity contribution in [1.29, 1.82) is 0 Å². The summed E-state index contributed by atoms with van der Waals surface area (Å²) in [6.07, 6.45) is -0.523. The minimum absolute atomic E-state index is 0.108. The summed E-state index contributed by atoms with van der Waals surface area (Å²) in [6.45, 7) is 0. The summed E-state index contributed by atoms with van der Waals surface area (Å²) in [5, 5.41) is 7.23. The van der Waals surface area contributed by atoms with Gasteiger partial charge in [-0.05, 0) is 24.3 Å². The van der Waals surface area contributed by atoms with Crippen molar-refractivity contribution >= 4 is 57.1 Å². The summed E-state index contributed by atoms with van der Waals surface area (Å²) in [6, 6.07) is 10.5. The van der Waals surface area contributed by atoms with Gasteiger partial charge in [0.15, 0.2) is 0 Å². The molecule has 4 rings (SSSR count). The fourth-order valence-electron chi connectivity index (χ4n) is 2.68. The lowest BCUT2D eigenvalue weighted by Crippen LogP contribution is -2.28. The van der Waals surface area contributed by atoms with Gasteiger partial charge in [-0.25, -0.2) is 0 Å². The Morgan fingerprint density at radius 1 is 1.27 bits per heavy atom. The van der Waals surface area contributed by atoms with E-state index in [9.17, 15) is 9.59 Å². The Morgan fingerprint density at radius 3 is 2.81 bits per heavy atom. The number of hydrogen-bond acceptors (Lipinski definition) is 6. The van der Waals surface area contributed by atoms with E-state index in [2.05, 4.69) is 10.5 Å². The smallest absolute Gasteiger partial charge is 0.286 e. The van der Waals surface area contributed by atoms with Crippen LogP contribution < -0.4 is 11.1 Å². The fourth-order valence-corrected chi connectivity index (χ4v) is 3.71. The average Bonchev–Trinajstić information content (AvgIpc) is 3.33. The van der Waals surface area contributed by atoms with Crippen molar-refractivity contribution < 1.29 is 18.8 Å². The number of fused-ring (bicyclic) bond motifs is 1. The van der Waals surface area contributed by atoms with E-state index in [1.807, 2.05) is 6.07 Å². The first-order chi connectivity index (χ1) is 12.5. The van der Waals surface area contributed by atoms with E-state index < -0.39 is 17.9 Å². The molecule has 0 bridgehead atoms. The first kappa shape index (κ1) is 16.6. The number of furan rings is 1. The summed E-state index contributed by atoms with van der Waals surface area (Å²) in [5.74, 6) is -1.32. The monoisotopic (exact) mass is 389 g/mol. The molecule has 0 aliphatic carbocycles. The zero-order valence-corrected chi connectivity index (χ0v) is 14.8. The number of para-hydroxylation sites is 1. The third kappa shape index (κ3) is 2.93. The predicted molar refractivity (Wildman–Crippen MR) is 98.7 cm³/mol. The second-order valence-electron chi connectivity index (χ2n) is 5.60. The van der Waals surface area contributed by atoms with Crippen LogP contribution in [-0.4, -0.2) is 23.6 Å². The van der Waals surface area contributed by atoms with Crippen LogP contribution >= 0.6 is 22.9 Å². The van der Waals surface area contributed by atoms with E-state index in [0.29, 0.717) is 27.4 Å². The molecular weight excluding hydrogens is 378 g/mol. The zero-order valence-electron chi connectivity index (χ0n) is 13.2. The van der Waals surface area contributed by atoms with Crippen molar-refractivity contribution in [2.45, 2.75) is 12.5 Å². The highest BCUT2D eigenvalue weighted by molar-refractivity contribution is 7.18. The van der Waals surface area contributed by atoms with Gasteiger partial charge in [0.05, 0.1) is 9.21 Å². The van der Waals surface area contributed by atoms with Crippen molar-refractivity contribution in [3.63, 3.8) is 0 Å². The maximum absolute atomic E-state index is 12.6. The molecule has 3 heterocycles. The van der Waals surface area contributed by atoms with Crippen molar-refractivity contribution in [3.05, 3.63) is 51.4 Å². The Kier molecular flexibility index (Phi) is 4.14. The van der Waals surface area contributed by atoms with E-state index in [1.54, 1.807) is 30.3 Å². The molecule has 2 amide bonds. The summed E-state index contributed by atoms with van der Waals surface area (Å²) < 4.78 is 6.08. The van der Waals surface area contributed by atoms with Gasteiger partial charge in [0, 0.05) is 11.8 Å². The van der Waals surface area contributed by atoms with Crippen LogP contribution in [0.1, 0.15) is 21.9 Å². The average molecular weight is 390 g/mol. The number of nitrogens with two attached hydrogens (primary N) is 1. The lowest BCUT2D eigenvalue weighted by atomic mass is 10.1. The molecule has 0 saturated carbocycles. The Balaban J connectivity index is 1.55. The Bertz CT molecular complexity index is 1060. The standard InChI is InChI=1S/C17H12ClN3O4S/c18-13-6-5-12(26-13)9-7-11(25-21-9)17(23)20-14-8-3-1-2-4-10(8)24-15(14)16(19)22/h1-6,11H,7H2,(H2,19,22)(H,20,23)/t11-/m1/s1. The first-order valence-electron chi connectivity index (χ1n) is 7.63. The van der Waals surface area contributed by atoms with E-state index in [0.717, 1.165) is 4.88 Å². The Hall–Kier alpha value is -2.84. The topological polar surface area (TPSA) is 107 Å². The van der Waals surface area contributed by atoms with Crippen molar-refractivity contribution in [1.82, 2.24) is 0 Å². The van der Waals surface area contributed by atoms with Crippen LogP contribution in [0.15, 0.2) is 46.0 Å². The molecule has 0 fully saturated rings. The maximum atomic E-state index is 12.6. The maximum Gasteiger partial charge on any atom is 0.286 e. The van der Waals surface area contributed by atoms with Gasteiger partial charge in [0.2, 0.25) is 11.9 Å². The molecule has 3 aromatic rings. The first-order valence-corrected chi connectivity index (χ1v) is 8.83. The molecule has 0 saturated heterocycles. The molecular formula is C17H12ClN3O4S. The van der Waals surface area contributed by atoms with Crippen LogP contribution in [0.3, 0.4) is 0 Å². The number of nitrogens with one attached hydrogen (secondary N) is 1. The molecule has 9 heteroatoms. The van der Waals surface area contributed by atoms with Gasteiger partial charge in [-0.3, -0.25) is 9.59 Å². The minimum atomic E-state index is -0.819. The zero-order chi connectivity index (χ0) is 18.3. The van der Waals surface area contributed by atoms with Crippen LogP contribution in [0.2, 0.25) is 4.34 Å². The molecule has 0 radical (unpaired) electrons. The second-order valence-corrected chi connectivity index (χ2v) is 7.31. The summed E-state index contributed by atoms with van der Waals surface area (Å²) in [4.78, 5) is 30.3. The SMILES string of the molecule is NC(=O)c1oc2ccccc2c1NC(=O)[C@H]1CC(c2ccc(Cl)s2)=NO1. The molecule has 1 aromatic carbocycles. The minimum Gasteiger partial charge on any atom is -0.449 e. The molecule has 132 valence electrons. The molecule has 0 unspecified atom stereocenters. The number of amides is 2. The number of oxime groups is 1. The van der Waals surface area contributed by atoms with Gasteiger partial charge >= 0.3 is 0 Å². The van der Waals surface area contributed by atoms with Crippen molar-refractivity contribution in [3.8, 4) is 0 Å². The third-order valence-electron chi connectivity index (χ3n) is 3.89. The molecule has 1 atom stereocenters. The van der Waals surface area contributed by atoms with E-state index in [4.69, 9.17) is 26.6 Å². The molecule has 7 nitrogen and oxygen atoms in total. The molecule has 1 aliphatic heterocycles. The highest BCUT2D eigenvalue weighted by Crippen LogP contribution is 2.32. The van der Waals surface area contributed by atoms with Gasteiger partial charge in [0.25, 0.3) is 11.8 Å². The number of thiophene rings is 1. The number of halogens is 1. The second kappa shape index (κ2) is 6.47. The van der Waals surface area contributed by atoms with Gasteiger partial charge < -0.3 is 20.3 Å². The molecule has 2 aromatic heterocycles. The molecule has 26 heavy (non-hydrogen) atoms. The van der Waals surface area contributed by atoms with Gasteiger partial charge in [-0.1, -0.05) is 28.9 Å². The third-order valence-corrected chi connectivity index (χ3v) is 5.17. The van der Waals surface area contributed by atoms with Crippen LogP contribution in [0.5, 0.6) is 0 Å². The van der Waals surface area contributed by atoms with Crippen molar-refractivity contribution in [2.75, 3.05) is 5.32 Å². The molecule has 3 N–H and O–H groups in total. The fraction of sp³-hybridized carbons (Fsp3) is 0.118. The van der Waals surface area contributed by atoms with Crippen LogP contribution in [-0.2, 0) is 9.63 Å². The normalized spacial score (nSPS) is 16.3. The number of rotatable bonds is 4. The Morgan fingerprint density at radius 2 is 2.08 bits per heavy atom. The quantitative estimate of drug-likeness (QED) is 0.713.